The van der Waals surface area contributed by atoms with E-state index < -0.39 is 11.5 Å². The van der Waals surface area contributed by atoms with Crippen molar-refractivity contribution in [3.63, 3.8) is 0 Å². The van der Waals surface area contributed by atoms with Gasteiger partial charge in [0.15, 0.2) is 0 Å². The van der Waals surface area contributed by atoms with E-state index in [1.54, 1.807) is 0 Å². The van der Waals surface area contributed by atoms with E-state index in [0.717, 1.165) is 4.68 Å². The first-order valence-electron chi connectivity index (χ1n) is 5.04. The highest BCUT2D eigenvalue weighted by Gasteiger charge is 2.12. The Hall–Kier alpha value is -1.57. The zero-order valence-corrected chi connectivity index (χ0v) is 10.4. The number of thioether (sulfide) groups is 1. The lowest BCUT2D eigenvalue weighted by atomic mass is 10.2. The zero-order valence-electron chi connectivity index (χ0n) is 9.58. The predicted octanol–water partition coefficient (Wildman–Crippen LogP) is -0.130. The van der Waals surface area contributed by atoms with E-state index in [4.69, 9.17) is 10.9 Å². The second-order valence-electron chi connectivity index (χ2n) is 3.66. The summed E-state index contributed by atoms with van der Waals surface area (Å²) in [6.45, 7) is 3.88. The van der Waals surface area contributed by atoms with Gasteiger partial charge in [-0.05, 0) is 0 Å². The molecule has 8 heteroatoms. The molecular weight excluding hydrogens is 244 g/mol. The normalized spacial score (nSPS) is 10.8. The van der Waals surface area contributed by atoms with Gasteiger partial charge in [-0.15, -0.1) is 10.2 Å². The lowest BCUT2D eigenvalue weighted by Crippen LogP contribution is -2.34. The molecule has 0 unspecified atom stereocenters. The molecule has 0 saturated heterocycles. The van der Waals surface area contributed by atoms with E-state index in [0.29, 0.717) is 5.16 Å². The Morgan fingerprint density at radius 2 is 2.18 bits per heavy atom. The van der Waals surface area contributed by atoms with Gasteiger partial charge in [-0.25, -0.2) is 0 Å². The number of nitrogens with zero attached hydrogens (tertiary/aromatic N) is 3. The molecule has 94 valence electrons. The second kappa shape index (κ2) is 5.67. The molecular formula is C9H14N4O3S. The van der Waals surface area contributed by atoms with Gasteiger partial charge >= 0.3 is 5.97 Å². The summed E-state index contributed by atoms with van der Waals surface area (Å²) in [7, 11) is 0. The molecule has 0 aliphatic carbocycles. The maximum Gasteiger partial charge on any atom is 0.303 e. The molecule has 0 bridgehead atoms. The van der Waals surface area contributed by atoms with E-state index >= 15 is 0 Å². The van der Waals surface area contributed by atoms with E-state index in [2.05, 4.69) is 10.2 Å². The van der Waals surface area contributed by atoms with Crippen molar-refractivity contribution < 1.29 is 9.90 Å². The third-order valence-electron chi connectivity index (χ3n) is 1.84. The maximum atomic E-state index is 11.7. The van der Waals surface area contributed by atoms with Crippen LogP contribution in [0.5, 0.6) is 0 Å². The quantitative estimate of drug-likeness (QED) is 0.559. The van der Waals surface area contributed by atoms with Gasteiger partial charge in [-0.3, -0.25) is 9.59 Å². The van der Waals surface area contributed by atoms with Crippen LogP contribution in [0.2, 0.25) is 0 Å². The summed E-state index contributed by atoms with van der Waals surface area (Å²) in [6.07, 6.45) is -0.133. The van der Waals surface area contributed by atoms with Crippen LogP contribution in [0.4, 0.5) is 0 Å². The standard InChI is InChI=1S/C9H14N4O3S/c1-5(2)17-9-12-11-6(3-4-7(14)15)8(16)13(9)10/h5H,3-4,10H2,1-2H3,(H,14,15). The second-order valence-corrected chi connectivity index (χ2v) is 5.21. The molecule has 17 heavy (non-hydrogen) atoms. The molecule has 0 saturated carbocycles. The van der Waals surface area contributed by atoms with Crippen LogP contribution in [0.3, 0.4) is 0 Å². The fourth-order valence-electron chi connectivity index (χ4n) is 1.09. The molecule has 0 atom stereocenters. The van der Waals surface area contributed by atoms with Crippen LogP contribution in [0.1, 0.15) is 26.0 Å². The predicted molar refractivity (Wildman–Crippen MR) is 63.4 cm³/mol. The minimum atomic E-state index is -0.990. The average molecular weight is 258 g/mol. The van der Waals surface area contributed by atoms with Crippen LogP contribution in [0.15, 0.2) is 9.95 Å². The van der Waals surface area contributed by atoms with Crippen LogP contribution >= 0.6 is 11.8 Å². The number of hydrogen-bond donors (Lipinski definition) is 2. The number of carboxylic acid groups (broad SMARTS) is 1. The van der Waals surface area contributed by atoms with Gasteiger partial charge in [0.2, 0.25) is 5.16 Å². The highest BCUT2D eigenvalue weighted by atomic mass is 32.2. The van der Waals surface area contributed by atoms with Crippen molar-refractivity contribution >= 4 is 17.7 Å². The summed E-state index contributed by atoms with van der Waals surface area (Å²) in [6, 6.07) is 0. The number of carboxylic acids is 1. The van der Waals surface area contributed by atoms with Gasteiger partial charge in [0.05, 0.1) is 6.42 Å². The van der Waals surface area contributed by atoms with Crippen LogP contribution in [0, 0.1) is 0 Å². The Labute approximate surface area is 102 Å². The first-order valence-corrected chi connectivity index (χ1v) is 5.92. The number of aliphatic carboxylic acids is 1. The van der Waals surface area contributed by atoms with Gasteiger partial charge < -0.3 is 10.9 Å². The summed E-state index contributed by atoms with van der Waals surface area (Å²) < 4.78 is 0.912. The molecule has 1 rings (SSSR count). The maximum absolute atomic E-state index is 11.7. The van der Waals surface area contributed by atoms with Crippen molar-refractivity contribution in [3.8, 4) is 0 Å². The topological polar surface area (TPSA) is 111 Å². The minimum Gasteiger partial charge on any atom is -0.481 e. The largest absolute Gasteiger partial charge is 0.481 e. The van der Waals surface area contributed by atoms with E-state index in [9.17, 15) is 9.59 Å². The van der Waals surface area contributed by atoms with Gasteiger partial charge in [0, 0.05) is 11.7 Å². The Balaban J connectivity index is 2.94. The average Bonchev–Trinajstić information content (AvgIpc) is 2.23. The van der Waals surface area contributed by atoms with Crippen molar-refractivity contribution in [3.05, 3.63) is 16.0 Å². The fourth-order valence-corrected chi connectivity index (χ4v) is 1.80. The van der Waals surface area contributed by atoms with Gasteiger partial charge in [-0.2, -0.15) is 4.68 Å². The lowest BCUT2D eigenvalue weighted by Gasteiger charge is -2.08. The molecule has 1 aromatic heterocycles. The summed E-state index contributed by atoms with van der Waals surface area (Å²) in [5.41, 5.74) is -0.424. The van der Waals surface area contributed by atoms with E-state index in [1.165, 1.54) is 11.8 Å². The van der Waals surface area contributed by atoms with Gasteiger partial charge in [0.25, 0.3) is 5.56 Å². The first-order chi connectivity index (χ1) is 7.91. The van der Waals surface area contributed by atoms with Crippen LogP contribution in [0.25, 0.3) is 0 Å². The number of rotatable bonds is 5. The Bertz CT molecular complexity index is 472. The zero-order chi connectivity index (χ0) is 13.0. The fraction of sp³-hybridized carbons (Fsp3) is 0.556. The van der Waals surface area contributed by atoms with Crippen LogP contribution in [-0.2, 0) is 11.2 Å². The van der Waals surface area contributed by atoms with Crippen molar-refractivity contribution in [2.45, 2.75) is 37.1 Å². The van der Waals surface area contributed by atoms with Crippen molar-refractivity contribution in [1.82, 2.24) is 14.9 Å². The number of hydrogen-bond acceptors (Lipinski definition) is 6. The summed E-state index contributed by atoms with van der Waals surface area (Å²) in [5, 5.41) is 16.6. The smallest absolute Gasteiger partial charge is 0.303 e. The van der Waals surface area contributed by atoms with Crippen molar-refractivity contribution in [2.75, 3.05) is 5.84 Å². The Kier molecular flexibility index (Phi) is 4.50. The van der Waals surface area contributed by atoms with Crippen LogP contribution < -0.4 is 11.4 Å². The highest BCUT2D eigenvalue weighted by molar-refractivity contribution is 7.99. The molecule has 0 fully saturated rings. The molecule has 1 heterocycles. The summed E-state index contributed by atoms with van der Waals surface area (Å²) in [5.74, 6) is 4.58. The van der Waals surface area contributed by atoms with E-state index in [1.807, 2.05) is 13.8 Å². The van der Waals surface area contributed by atoms with Crippen molar-refractivity contribution in [1.29, 1.82) is 0 Å². The SMILES string of the molecule is CC(C)Sc1nnc(CCC(=O)O)c(=O)n1N. The Morgan fingerprint density at radius 3 is 2.71 bits per heavy atom. The number of nitrogens with two attached hydrogens (primary N) is 1. The molecule has 0 radical (unpaired) electrons. The molecule has 0 aromatic carbocycles. The van der Waals surface area contributed by atoms with Gasteiger partial charge in [0.1, 0.15) is 5.69 Å². The van der Waals surface area contributed by atoms with Crippen molar-refractivity contribution in [2.24, 2.45) is 0 Å². The molecule has 0 aliphatic heterocycles. The number of nitrogen functional groups attached to an aromatic ring is 1. The Morgan fingerprint density at radius 1 is 1.53 bits per heavy atom. The number of aryl methyl sites for hydroxylation is 1. The molecule has 7 nitrogen and oxygen atoms in total. The third-order valence-corrected chi connectivity index (χ3v) is 2.81. The first kappa shape index (κ1) is 13.5. The lowest BCUT2D eigenvalue weighted by molar-refractivity contribution is -0.136. The number of aromatic nitrogens is 3. The molecule has 0 aliphatic rings. The van der Waals surface area contributed by atoms with Crippen LogP contribution in [-0.4, -0.2) is 31.2 Å². The van der Waals surface area contributed by atoms with Gasteiger partial charge in [-0.1, -0.05) is 25.6 Å². The minimum absolute atomic E-state index is 0.0327. The molecule has 1 aromatic rings. The molecule has 0 spiro atoms. The molecule has 3 N–H and O–H groups in total. The third kappa shape index (κ3) is 3.74. The highest BCUT2D eigenvalue weighted by Crippen LogP contribution is 2.17. The summed E-state index contributed by atoms with van der Waals surface area (Å²) >= 11 is 1.32. The number of carbonyl (C=O) groups is 1. The summed E-state index contributed by atoms with van der Waals surface area (Å²) in [4.78, 5) is 22.1. The monoisotopic (exact) mass is 258 g/mol. The van der Waals surface area contributed by atoms with E-state index in [-0.39, 0.29) is 23.8 Å². The molecule has 0 amide bonds.